The summed E-state index contributed by atoms with van der Waals surface area (Å²) < 4.78 is 0. The normalized spacial score (nSPS) is 37.0. The molecule has 0 radical (unpaired) electrons. The molecule has 3 atom stereocenters. The number of hydrogen-bond donors (Lipinski definition) is 2. The standard InChI is InChI=1S/C17H30N2O2/c1-11-4-9-15(18-3)10-16(11)19-17(21)14-7-5-13(6-8-14)12(2)20/h11,13-16,18H,4-10H2,1-3H3,(H,19,21). The van der Waals surface area contributed by atoms with Gasteiger partial charge in [-0.2, -0.15) is 0 Å². The summed E-state index contributed by atoms with van der Waals surface area (Å²) in [6.45, 7) is 3.91. The summed E-state index contributed by atoms with van der Waals surface area (Å²) in [5.74, 6) is 1.36. The Labute approximate surface area is 128 Å². The first-order valence-corrected chi connectivity index (χ1v) is 8.49. The molecule has 2 rings (SSSR count). The number of amides is 1. The smallest absolute Gasteiger partial charge is 0.223 e. The van der Waals surface area contributed by atoms with E-state index >= 15 is 0 Å². The van der Waals surface area contributed by atoms with Crippen LogP contribution in [0.5, 0.6) is 0 Å². The van der Waals surface area contributed by atoms with Crippen molar-refractivity contribution in [3.05, 3.63) is 0 Å². The van der Waals surface area contributed by atoms with Gasteiger partial charge in [0.15, 0.2) is 0 Å². The molecule has 2 aliphatic carbocycles. The summed E-state index contributed by atoms with van der Waals surface area (Å²) in [5, 5.41) is 6.62. The van der Waals surface area contributed by atoms with Crippen LogP contribution in [0.4, 0.5) is 0 Å². The van der Waals surface area contributed by atoms with Gasteiger partial charge in [0.05, 0.1) is 0 Å². The molecule has 0 aromatic heterocycles. The molecular formula is C17H30N2O2. The molecule has 21 heavy (non-hydrogen) atoms. The zero-order valence-electron chi connectivity index (χ0n) is 13.7. The van der Waals surface area contributed by atoms with Crippen LogP contribution in [-0.2, 0) is 9.59 Å². The average Bonchev–Trinajstić information content (AvgIpc) is 2.49. The third kappa shape index (κ3) is 4.29. The topological polar surface area (TPSA) is 58.2 Å². The van der Waals surface area contributed by atoms with Crippen molar-refractivity contribution >= 4 is 11.7 Å². The van der Waals surface area contributed by atoms with E-state index < -0.39 is 0 Å². The Kier molecular flexibility index (Phi) is 5.80. The summed E-state index contributed by atoms with van der Waals surface area (Å²) in [4.78, 5) is 23.9. The molecule has 0 saturated heterocycles. The lowest BCUT2D eigenvalue weighted by atomic mass is 9.79. The highest BCUT2D eigenvalue weighted by Gasteiger charge is 2.32. The van der Waals surface area contributed by atoms with E-state index in [4.69, 9.17) is 0 Å². The third-order valence-electron chi connectivity index (χ3n) is 5.60. The van der Waals surface area contributed by atoms with Gasteiger partial charge < -0.3 is 10.6 Å². The van der Waals surface area contributed by atoms with Crippen molar-refractivity contribution in [1.29, 1.82) is 0 Å². The molecule has 0 aliphatic heterocycles. The Morgan fingerprint density at radius 1 is 0.952 bits per heavy atom. The van der Waals surface area contributed by atoms with Crippen LogP contribution in [0.3, 0.4) is 0 Å². The van der Waals surface area contributed by atoms with Gasteiger partial charge >= 0.3 is 0 Å². The highest BCUT2D eigenvalue weighted by molar-refractivity contribution is 5.81. The van der Waals surface area contributed by atoms with Gasteiger partial charge in [-0.3, -0.25) is 9.59 Å². The second-order valence-corrected chi connectivity index (χ2v) is 7.05. The number of carbonyl (C=O) groups is 2. The van der Waals surface area contributed by atoms with E-state index in [0.29, 0.717) is 18.0 Å². The Morgan fingerprint density at radius 3 is 2.14 bits per heavy atom. The summed E-state index contributed by atoms with van der Waals surface area (Å²) >= 11 is 0. The first-order valence-electron chi connectivity index (χ1n) is 8.49. The lowest BCUT2D eigenvalue weighted by molar-refractivity contribution is -0.129. The van der Waals surface area contributed by atoms with Crippen LogP contribution in [0, 0.1) is 17.8 Å². The van der Waals surface area contributed by atoms with Crippen LogP contribution in [0.25, 0.3) is 0 Å². The van der Waals surface area contributed by atoms with Crippen LogP contribution in [0.2, 0.25) is 0 Å². The van der Waals surface area contributed by atoms with Crippen molar-refractivity contribution in [2.45, 2.75) is 70.9 Å². The Morgan fingerprint density at radius 2 is 1.57 bits per heavy atom. The molecule has 2 saturated carbocycles. The quantitative estimate of drug-likeness (QED) is 0.836. The van der Waals surface area contributed by atoms with E-state index in [1.165, 1.54) is 12.8 Å². The second kappa shape index (κ2) is 7.39. The number of hydrogen-bond acceptors (Lipinski definition) is 3. The van der Waals surface area contributed by atoms with Crippen LogP contribution < -0.4 is 10.6 Å². The molecular weight excluding hydrogens is 264 g/mol. The number of rotatable bonds is 4. The molecule has 2 fully saturated rings. The maximum atomic E-state index is 12.5. The molecule has 0 heterocycles. The summed E-state index contributed by atoms with van der Waals surface area (Å²) in [6, 6.07) is 0.828. The number of ketones is 1. The highest BCUT2D eigenvalue weighted by Crippen LogP contribution is 2.30. The Balaban J connectivity index is 1.82. The zero-order chi connectivity index (χ0) is 15.4. The molecule has 2 aliphatic rings. The lowest BCUT2D eigenvalue weighted by Crippen LogP contribution is -2.49. The van der Waals surface area contributed by atoms with E-state index in [0.717, 1.165) is 32.1 Å². The van der Waals surface area contributed by atoms with E-state index in [1.807, 2.05) is 7.05 Å². The van der Waals surface area contributed by atoms with Crippen molar-refractivity contribution in [3.63, 3.8) is 0 Å². The molecule has 0 aromatic carbocycles. The van der Waals surface area contributed by atoms with Gasteiger partial charge in [0, 0.05) is 23.9 Å². The van der Waals surface area contributed by atoms with E-state index in [9.17, 15) is 9.59 Å². The van der Waals surface area contributed by atoms with Gasteiger partial charge in [0.2, 0.25) is 5.91 Å². The maximum absolute atomic E-state index is 12.5. The van der Waals surface area contributed by atoms with E-state index in [1.54, 1.807) is 6.92 Å². The molecule has 0 spiro atoms. The number of Topliss-reactive ketones (excluding diaryl/α,β-unsaturated/α-hetero) is 1. The monoisotopic (exact) mass is 294 g/mol. The molecule has 4 heteroatoms. The minimum absolute atomic E-state index is 0.114. The fourth-order valence-corrected chi connectivity index (χ4v) is 3.85. The molecule has 2 N–H and O–H groups in total. The number of carbonyl (C=O) groups excluding carboxylic acids is 2. The highest BCUT2D eigenvalue weighted by atomic mass is 16.2. The van der Waals surface area contributed by atoms with Gasteiger partial charge in [0.25, 0.3) is 0 Å². The largest absolute Gasteiger partial charge is 0.353 e. The molecule has 1 amide bonds. The van der Waals surface area contributed by atoms with Crippen LogP contribution in [-0.4, -0.2) is 30.8 Å². The molecule has 3 unspecified atom stereocenters. The molecule has 120 valence electrons. The van der Waals surface area contributed by atoms with Crippen LogP contribution in [0.1, 0.15) is 58.8 Å². The van der Waals surface area contributed by atoms with Crippen LogP contribution in [0.15, 0.2) is 0 Å². The van der Waals surface area contributed by atoms with Crippen molar-refractivity contribution < 1.29 is 9.59 Å². The average molecular weight is 294 g/mol. The first kappa shape index (κ1) is 16.5. The summed E-state index contributed by atoms with van der Waals surface area (Å²) in [7, 11) is 2.00. The summed E-state index contributed by atoms with van der Waals surface area (Å²) in [5.41, 5.74) is 0. The number of nitrogens with one attached hydrogen (secondary N) is 2. The zero-order valence-corrected chi connectivity index (χ0v) is 13.7. The molecule has 4 nitrogen and oxygen atoms in total. The molecule has 0 bridgehead atoms. The van der Waals surface area contributed by atoms with Crippen molar-refractivity contribution in [3.8, 4) is 0 Å². The minimum atomic E-state index is 0.114. The first-order chi connectivity index (χ1) is 10.0. The van der Waals surface area contributed by atoms with Gasteiger partial charge in [-0.15, -0.1) is 0 Å². The van der Waals surface area contributed by atoms with Crippen molar-refractivity contribution in [2.75, 3.05) is 7.05 Å². The second-order valence-electron chi connectivity index (χ2n) is 7.05. The van der Waals surface area contributed by atoms with Crippen LogP contribution >= 0.6 is 0 Å². The fraction of sp³-hybridized carbons (Fsp3) is 0.882. The van der Waals surface area contributed by atoms with Gasteiger partial charge in [-0.25, -0.2) is 0 Å². The maximum Gasteiger partial charge on any atom is 0.223 e. The fourth-order valence-electron chi connectivity index (χ4n) is 3.85. The SMILES string of the molecule is CNC1CCC(C)C(NC(=O)C2CCC(C(C)=O)CC2)C1. The third-order valence-corrected chi connectivity index (χ3v) is 5.60. The van der Waals surface area contributed by atoms with Gasteiger partial charge in [-0.05, 0) is 64.8 Å². The van der Waals surface area contributed by atoms with Gasteiger partial charge in [-0.1, -0.05) is 6.92 Å². The molecule has 0 aromatic rings. The van der Waals surface area contributed by atoms with Crippen molar-refractivity contribution in [2.24, 2.45) is 17.8 Å². The Hall–Kier alpha value is -0.900. The predicted octanol–water partition coefficient (Wildman–Crippen LogP) is 2.27. The minimum Gasteiger partial charge on any atom is -0.353 e. The van der Waals surface area contributed by atoms with Gasteiger partial charge in [0.1, 0.15) is 5.78 Å². The summed E-state index contributed by atoms with van der Waals surface area (Å²) in [6.07, 6.45) is 6.91. The van der Waals surface area contributed by atoms with E-state index in [-0.39, 0.29) is 23.5 Å². The Bertz CT molecular complexity index is 375. The lowest BCUT2D eigenvalue weighted by Gasteiger charge is -2.36. The van der Waals surface area contributed by atoms with Crippen molar-refractivity contribution in [1.82, 2.24) is 10.6 Å². The predicted molar refractivity (Wildman–Crippen MR) is 83.9 cm³/mol. The van der Waals surface area contributed by atoms with E-state index in [2.05, 4.69) is 17.6 Å².